The fraction of sp³-hybridized carbons (Fsp3) is 0.381. The first-order valence-corrected chi connectivity index (χ1v) is 10.4. The molecule has 1 atom stereocenters. The Morgan fingerprint density at radius 2 is 1.88 bits per heavy atom. The molecule has 4 nitrogen and oxygen atoms in total. The lowest BCUT2D eigenvalue weighted by Crippen LogP contribution is -3.13. The Morgan fingerprint density at radius 3 is 2.58 bits per heavy atom. The predicted octanol–water partition coefficient (Wildman–Crippen LogP) is 2.14. The molecule has 0 aliphatic carbocycles. The second kappa shape index (κ2) is 9.10. The van der Waals surface area contributed by atoms with Crippen molar-refractivity contribution in [1.29, 1.82) is 0 Å². The minimum Gasteiger partial charge on any atom is -0.374 e. The monoisotopic (exact) mass is 370 g/mol. The molecule has 2 aromatic carbocycles. The van der Waals surface area contributed by atoms with Crippen molar-refractivity contribution in [1.82, 2.24) is 4.90 Å². The second-order valence-corrected chi connectivity index (χ2v) is 7.72. The highest BCUT2D eigenvalue weighted by Gasteiger charge is 2.26. The van der Waals surface area contributed by atoms with Crippen molar-refractivity contribution >= 4 is 23.4 Å². The van der Waals surface area contributed by atoms with Gasteiger partial charge in [-0.1, -0.05) is 36.4 Å². The van der Waals surface area contributed by atoms with Crippen LogP contribution >= 0.6 is 11.8 Å². The number of rotatable bonds is 6. The maximum atomic E-state index is 12.8. The lowest BCUT2D eigenvalue weighted by Gasteiger charge is -2.34. The number of carbonyl (C=O) groups excluding carboxylic acids is 1. The summed E-state index contributed by atoms with van der Waals surface area (Å²) in [6.07, 6.45) is 2.06. The third kappa shape index (κ3) is 5.02. The molecule has 3 rings (SSSR count). The SMILES string of the molecule is CSc1cccc(N[C@H](C)C(=O)N2CC[NH+](Cc3ccccc3)CC2)c1. The van der Waals surface area contributed by atoms with E-state index in [2.05, 4.69) is 54.0 Å². The summed E-state index contributed by atoms with van der Waals surface area (Å²) in [5, 5.41) is 3.35. The van der Waals surface area contributed by atoms with Crippen LogP contribution in [0.4, 0.5) is 5.69 Å². The van der Waals surface area contributed by atoms with E-state index in [0.29, 0.717) is 0 Å². The number of piperazine rings is 1. The Hall–Kier alpha value is -1.98. The highest BCUT2D eigenvalue weighted by atomic mass is 32.2. The van der Waals surface area contributed by atoms with E-state index in [9.17, 15) is 4.79 Å². The van der Waals surface area contributed by atoms with Crippen LogP contribution in [0.25, 0.3) is 0 Å². The average molecular weight is 371 g/mol. The molecule has 26 heavy (non-hydrogen) atoms. The van der Waals surface area contributed by atoms with E-state index in [1.54, 1.807) is 16.7 Å². The smallest absolute Gasteiger partial charge is 0.245 e. The van der Waals surface area contributed by atoms with Gasteiger partial charge in [0, 0.05) is 16.1 Å². The highest BCUT2D eigenvalue weighted by molar-refractivity contribution is 7.98. The molecule has 0 saturated carbocycles. The topological polar surface area (TPSA) is 36.8 Å². The summed E-state index contributed by atoms with van der Waals surface area (Å²) < 4.78 is 0. The lowest BCUT2D eigenvalue weighted by atomic mass is 10.2. The summed E-state index contributed by atoms with van der Waals surface area (Å²) in [5.41, 5.74) is 2.37. The number of anilines is 1. The van der Waals surface area contributed by atoms with Gasteiger partial charge < -0.3 is 15.1 Å². The van der Waals surface area contributed by atoms with Gasteiger partial charge in [0.2, 0.25) is 5.91 Å². The molecule has 0 unspecified atom stereocenters. The third-order valence-electron chi connectivity index (χ3n) is 4.90. The summed E-state index contributed by atoms with van der Waals surface area (Å²) in [5.74, 6) is 0.193. The molecule has 1 saturated heterocycles. The number of hydrogen-bond acceptors (Lipinski definition) is 3. The quantitative estimate of drug-likeness (QED) is 0.765. The van der Waals surface area contributed by atoms with Gasteiger partial charge in [-0.2, -0.15) is 0 Å². The summed E-state index contributed by atoms with van der Waals surface area (Å²) in [6, 6.07) is 18.6. The first kappa shape index (κ1) is 18.8. The zero-order valence-electron chi connectivity index (χ0n) is 15.6. The molecule has 5 heteroatoms. The van der Waals surface area contributed by atoms with Crippen molar-refractivity contribution in [2.45, 2.75) is 24.4 Å². The fourth-order valence-electron chi connectivity index (χ4n) is 3.40. The van der Waals surface area contributed by atoms with Gasteiger partial charge in [-0.15, -0.1) is 11.8 Å². The molecule has 0 bridgehead atoms. The van der Waals surface area contributed by atoms with Crippen LogP contribution in [0.1, 0.15) is 12.5 Å². The van der Waals surface area contributed by atoms with Crippen molar-refractivity contribution in [2.24, 2.45) is 0 Å². The van der Waals surface area contributed by atoms with Crippen LogP contribution in [-0.2, 0) is 11.3 Å². The Labute approximate surface area is 160 Å². The zero-order valence-corrected chi connectivity index (χ0v) is 16.4. The minimum absolute atomic E-state index is 0.193. The Balaban J connectivity index is 1.49. The van der Waals surface area contributed by atoms with Crippen LogP contribution in [-0.4, -0.2) is 49.3 Å². The average Bonchev–Trinajstić information content (AvgIpc) is 2.69. The lowest BCUT2D eigenvalue weighted by molar-refractivity contribution is -0.917. The molecule has 2 N–H and O–H groups in total. The third-order valence-corrected chi connectivity index (χ3v) is 5.63. The van der Waals surface area contributed by atoms with Crippen LogP contribution in [0.15, 0.2) is 59.5 Å². The van der Waals surface area contributed by atoms with Gasteiger partial charge in [0.25, 0.3) is 0 Å². The van der Waals surface area contributed by atoms with E-state index in [1.807, 2.05) is 24.0 Å². The number of thioether (sulfide) groups is 1. The zero-order chi connectivity index (χ0) is 18.4. The first-order valence-electron chi connectivity index (χ1n) is 9.22. The Morgan fingerprint density at radius 1 is 1.15 bits per heavy atom. The van der Waals surface area contributed by atoms with Crippen LogP contribution < -0.4 is 10.2 Å². The normalized spacial score (nSPS) is 16.3. The van der Waals surface area contributed by atoms with E-state index < -0.39 is 0 Å². The van der Waals surface area contributed by atoms with E-state index in [-0.39, 0.29) is 11.9 Å². The van der Waals surface area contributed by atoms with Crippen molar-refractivity contribution < 1.29 is 9.69 Å². The summed E-state index contributed by atoms with van der Waals surface area (Å²) in [6.45, 7) is 6.68. The predicted molar refractivity (Wildman–Crippen MR) is 109 cm³/mol. The largest absolute Gasteiger partial charge is 0.374 e. The molecular weight excluding hydrogens is 342 g/mol. The number of quaternary nitrogens is 1. The Kier molecular flexibility index (Phi) is 6.58. The van der Waals surface area contributed by atoms with Crippen LogP contribution in [0.5, 0.6) is 0 Å². The standard InChI is InChI=1S/C21H27N3OS/c1-17(22-19-9-6-10-20(15-19)26-2)21(25)24-13-11-23(12-14-24)16-18-7-4-3-5-8-18/h3-10,15,17,22H,11-14,16H2,1-2H3/p+1/t17-/m1/s1. The molecule has 1 fully saturated rings. The van der Waals surface area contributed by atoms with Crippen molar-refractivity contribution in [3.05, 3.63) is 60.2 Å². The number of amides is 1. The summed E-state index contributed by atoms with van der Waals surface area (Å²) in [7, 11) is 0. The number of hydrogen-bond donors (Lipinski definition) is 2. The maximum Gasteiger partial charge on any atom is 0.245 e. The van der Waals surface area contributed by atoms with E-state index in [1.165, 1.54) is 10.5 Å². The second-order valence-electron chi connectivity index (χ2n) is 6.84. The molecule has 1 amide bonds. The maximum absolute atomic E-state index is 12.8. The van der Waals surface area contributed by atoms with E-state index in [0.717, 1.165) is 38.4 Å². The number of carbonyl (C=O) groups is 1. The molecule has 0 spiro atoms. The molecule has 0 aromatic heterocycles. The van der Waals surface area contributed by atoms with Gasteiger partial charge in [0.05, 0.1) is 26.2 Å². The van der Waals surface area contributed by atoms with Crippen LogP contribution in [0.2, 0.25) is 0 Å². The van der Waals surface area contributed by atoms with E-state index in [4.69, 9.17) is 0 Å². The van der Waals surface area contributed by atoms with Crippen LogP contribution in [0.3, 0.4) is 0 Å². The first-order chi connectivity index (χ1) is 12.7. The molecule has 0 radical (unpaired) electrons. The molecule has 1 aliphatic rings. The van der Waals surface area contributed by atoms with Gasteiger partial charge >= 0.3 is 0 Å². The van der Waals surface area contributed by atoms with Crippen LogP contribution in [0, 0.1) is 0 Å². The minimum atomic E-state index is -0.206. The summed E-state index contributed by atoms with van der Waals surface area (Å²) in [4.78, 5) is 17.5. The number of benzene rings is 2. The molecule has 138 valence electrons. The summed E-state index contributed by atoms with van der Waals surface area (Å²) >= 11 is 1.71. The highest BCUT2D eigenvalue weighted by Crippen LogP contribution is 2.19. The Bertz CT molecular complexity index is 714. The van der Waals surface area contributed by atoms with Gasteiger partial charge in [-0.05, 0) is 31.4 Å². The van der Waals surface area contributed by atoms with Gasteiger partial charge in [0.15, 0.2) is 0 Å². The fourth-order valence-corrected chi connectivity index (χ4v) is 3.86. The number of nitrogens with zero attached hydrogens (tertiary/aromatic N) is 1. The molecule has 2 aromatic rings. The van der Waals surface area contributed by atoms with Gasteiger partial charge in [-0.25, -0.2) is 0 Å². The van der Waals surface area contributed by atoms with Crippen molar-refractivity contribution in [3.63, 3.8) is 0 Å². The van der Waals surface area contributed by atoms with Crippen molar-refractivity contribution in [2.75, 3.05) is 37.8 Å². The molecular formula is C21H28N3OS+. The van der Waals surface area contributed by atoms with E-state index >= 15 is 0 Å². The number of nitrogens with one attached hydrogen (secondary N) is 2. The van der Waals surface area contributed by atoms with Crippen molar-refractivity contribution in [3.8, 4) is 0 Å². The van der Waals surface area contributed by atoms with Gasteiger partial charge in [0.1, 0.15) is 12.6 Å². The molecule has 1 heterocycles. The van der Waals surface area contributed by atoms with Gasteiger partial charge in [-0.3, -0.25) is 4.79 Å². The molecule has 1 aliphatic heterocycles.